The number of hydrogen-bond acceptors (Lipinski definition) is 3. The zero-order valence-corrected chi connectivity index (χ0v) is 12.0. The Morgan fingerprint density at radius 1 is 1.28 bits per heavy atom. The molecule has 0 aliphatic carbocycles. The number of hydrogen-bond donors (Lipinski definition) is 1. The molecule has 2 rings (SSSR count). The SMILES string of the molecule is Cc1ccc(C)c(C2CS(=O)(=O)C(C)CCN2)c1. The lowest BCUT2D eigenvalue weighted by molar-refractivity contribution is 0.570. The highest BCUT2D eigenvalue weighted by atomic mass is 32.2. The number of sulfone groups is 1. The van der Waals surface area contributed by atoms with Gasteiger partial charge in [-0.15, -0.1) is 0 Å². The van der Waals surface area contributed by atoms with Gasteiger partial charge in [0.1, 0.15) is 0 Å². The van der Waals surface area contributed by atoms with Crippen molar-refractivity contribution in [2.75, 3.05) is 12.3 Å². The summed E-state index contributed by atoms with van der Waals surface area (Å²) >= 11 is 0. The van der Waals surface area contributed by atoms with Gasteiger partial charge in [0.25, 0.3) is 0 Å². The van der Waals surface area contributed by atoms with Gasteiger partial charge in [-0.25, -0.2) is 8.42 Å². The average Bonchev–Trinajstić information content (AvgIpc) is 2.42. The van der Waals surface area contributed by atoms with E-state index in [4.69, 9.17) is 0 Å². The van der Waals surface area contributed by atoms with Crippen LogP contribution in [0.4, 0.5) is 0 Å². The molecule has 2 unspecified atom stereocenters. The molecule has 1 saturated heterocycles. The maximum absolute atomic E-state index is 12.1. The Morgan fingerprint density at radius 3 is 2.72 bits per heavy atom. The Kier molecular flexibility index (Phi) is 3.78. The Labute approximate surface area is 110 Å². The quantitative estimate of drug-likeness (QED) is 0.848. The first kappa shape index (κ1) is 13.6. The number of rotatable bonds is 1. The molecule has 1 aromatic carbocycles. The fourth-order valence-corrected chi connectivity index (χ4v) is 4.00. The molecule has 18 heavy (non-hydrogen) atoms. The first-order valence-corrected chi connectivity index (χ1v) is 8.14. The topological polar surface area (TPSA) is 46.2 Å². The van der Waals surface area contributed by atoms with Gasteiger partial charge < -0.3 is 5.32 Å². The normalized spacial score (nSPS) is 27.7. The summed E-state index contributed by atoms with van der Waals surface area (Å²) in [5, 5.41) is 3.14. The molecule has 3 nitrogen and oxygen atoms in total. The summed E-state index contributed by atoms with van der Waals surface area (Å²) in [5.74, 6) is 0.207. The molecule has 0 spiro atoms. The first-order valence-electron chi connectivity index (χ1n) is 6.42. The molecule has 1 heterocycles. The van der Waals surface area contributed by atoms with Crippen molar-refractivity contribution in [2.45, 2.75) is 38.5 Å². The summed E-state index contributed by atoms with van der Waals surface area (Å²) in [4.78, 5) is 0. The summed E-state index contributed by atoms with van der Waals surface area (Å²) in [5.41, 5.74) is 3.45. The maximum Gasteiger partial charge on any atom is 0.154 e. The van der Waals surface area contributed by atoms with E-state index >= 15 is 0 Å². The van der Waals surface area contributed by atoms with Gasteiger partial charge in [0.05, 0.1) is 11.0 Å². The van der Waals surface area contributed by atoms with Gasteiger partial charge in [0, 0.05) is 6.04 Å². The van der Waals surface area contributed by atoms with Crippen molar-refractivity contribution in [1.29, 1.82) is 0 Å². The summed E-state index contributed by atoms with van der Waals surface area (Å²) in [6, 6.07) is 6.15. The third-order valence-electron chi connectivity index (χ3n) is 3.76. The fraction of sp³-hybridized carbons (Fsp3) is 0.571. The van der Waals surface area contributed by atoms with E-state index in [9.17, 15) is 8.42 Å². The van der Waals surface area contributed by atoms with E-state index in [1.807, 2.05) is 20.8 Å². The Balaban J connectivity index is 2.36. The van der Waals surface area contributed by atoms with E-state index in [1.54, 1.807) is 0 Å². The van der Waals surface area contributed by atoms with Crippen molar-refractivity contribution in [3.63, 3.8) is 0 Å². The van der Waals surface area contributed by atoms with Crippen LogP contribution in [0.15, 0.2) is 18.2 Å². The predicted octanol–water partition coefficient (Wildman–Crippen LogP) is 2.14. The minimum Gasteiger partial charge on any atom is -0.309 e. The molecule has 100 valence electrons. The minimum atomic E-state index is -2.99. The molecule has 0 amide bonds. The minimum absolute atomic E-state index is 0.0696. The fourth-order valence-electron chi connectivity index (χ4n) is 2.43. The molecule has 0 bridgehead atoms. The van der Waals surface area contributed by atoms with E-state index in [0.717, 1.165) is 17.7 Å². The van der Waals surface area contributed by atoms with Crippen LogP contribution in [0.3, 0.4) is 0 Å². The highest BCUT2D eigenvalue weighted by molar-refractivity contribution is 7.92. The van der Waals surface area contributed by atoms with Crippen molar-refractivity contribution < 1.29 is 8.42 Å². The lowest BCUT2D eigenvalue weighted by Crippen LogP contribution is -2.26. The van der Waals surface area contributed by atoms with Crippen molar-refractivity contribution >= 4 is 9.84 Å². The van der Waals surface area contributed by atoms with Gasteiger partial charge in [-0.2, -0.15) is 0 Å². The van der Waals surface area contributed by atoms with Crippen LogP contribution < -0.4 is 5.32 Å². The number of nitrogens with one attached hydrogen (secondary N) is 1. The Morgan fingerprint density at radius 2 is 2.00 bits per heavy atom. The molecule has 0 saturated carbocycles. The summed E-state index contributed by atoms with van der Waals surface area (Å²) in [6.45, 7) is 6.65. The second-order valence-corrected chi connectivity index (χ2v) is 7.76. The molecule has 1 N–H and O–H groups in total. The lowest BCUT2D eigenvalue weighted by atomic mass is 10.00. The van der Waals surface area contributed by atoms with Gasteiger partial charge in [-0.05, 0) is 44.9 Å². The van der Waals surface area contributed by atoms with E-state index in [2.05, 4.69) is 23.5 Å². The van der Waals surface area contributed by atoms with Gasteiger partial charge in [0.15, 0.2) is 9.84 Å². The van der Waals surface area contributed by atoms with Crippen LogP contribution in [0, 0.1) is 13.8 Å². The Hall–Kier alpha value is -0.870. The third kappa shape index (κ3) is 2.75. The number of aryl methyl sites for hydroxylation is 2. The van der Waals surface area contributed by atoms with E-state index in [-0.39, 0.29) is 17.0 Å². The zero-order chi connectivity index (χ0) is 13.3. The first-order chi connectivity index (χ1) is 8.40. The standard InChI is InChI=1S/C14H21NO2S/c1-10-4-5-11(2)13(8-10)14-9-18(16,17)12(3)6-7-15-14/h4-5,8,12,14-15H,6-7,9H2,1-3H3. The average molecular weight is 267 g/mol. The molecule has 1 aliphatic heterocycles. The van der Waals surface area contributed by atoms with Crippen molar-refractivity contribution in [3.8, 4) is 0 Å². The molecular formula is C14H21NO2S. The van der Waals surface area contributed by atoms with Crippen LogP contribution >= 0.6 is 0 Å². The van der Waals surface area contributed by atoms with Crippen LogP contribution in [0.1, 0.15) is 36.1 Å². The van der Waals surface area contributed by atoms with Crippen LogP contribution in [0.5, 0.6) is 0 Å². The van der Waals surface area contributed by atoms with E-state index in [1.165, 1.54) is 5.56 Å². The predicted molar refractivity (Wildman–Crippen MR) is 74.5 cm³/mol. The summed E-state index contributed by atoms with van der Waals surface area (Å²) in [7, 11) is -2.99. The molecule has 0 aromatic heterocycles. The monoisotopic (exact) mass is 267 g/mol. The lowest BCUT2D eigenvalue weighted by Gasteiger charge is -2.19. The number of benzene rings is 1. The van der Waals surface area contributed by atoms with Crippen LogP contribution in [-0.2, 0) is 9.84 Å². The molecule has 4 heteroatoms. The highest BCUT2D eigenvalue weighted by Gasteiger charge is 2.29. The molecule has 1 aliphatic rings. The molecule has 1 fully saturated rings. The van der Waals surface area contributed by atoms with Gasteiger partial charge in [-0.3, -0.25) is 0 Å². The van der Waals surface area contributed by atoms with Crippen molar-refractivity contribution in [2.24, 2.45) is 0 Å². The highest BCUT2D eigenvalue weighted by Crippen LogP contribution is 2.25. The van der Waals surface area contributed by atoms with Gasteiger partial charge in [0.2, 0.25) is 0 Å². The van der Waals surface area contributed by atoms with Crippen LogP contribution in [0.2, 0.25) is 0 Å². The van der Waals surface area contributed by atoms with Crippen molar-refractivity contribution in [1.82, 2.24) is 5.32 Å². The van der Waals surface area contributed by atoms with Crippen LogP contribution in [0.25, 0.3) is 0 Å². The molecular weight excluding hydrogens is 246 g/mol. The zero-order valence-electron chi connectivity index (χ0n) is 11.2. The maximum atomic E-state index is 12.1. The second kappa shape index (κ2) is 5.02. The largest absolute Gasteiger partial charge is 0.309 e. The molecule has 2 atom stereocenters. The van der Waals surface area contributed by atoms with Crippen molar-refractivity contribution in [3.05, 3.63) is 34.9 Å². The second-order valence-electron chi connectivity index (χ2n) is 5.30. The van der Waals surface area contributed by atoms with Gasteiger partial charge in [-0.1, -0.05) is 23.8 Å². The van der Waals surface area contributed by atoms with E-state index in [0.29, 0.717) is 6.42 Å². The third-order valence-corrected chi connectivity index (χ3v) is 6.02. The molecule has 0 radical (unpaired) electrons. The Bertz CT molecular complexity index is 537. The van der Waals surface area contributed by atoms with Crippen LogP contribution in [-0.4, -0.2) is 26.0 Å². The molecule has 1 aromatic rings. The summed E-state index contributed by atoms with van der Waals surface area (Å²) < 4.78 is 24.3. The van der Waals surface area contributed by atoms with Gasteiger partial charge >= 0.3 is 0 Å². The van der Waals surface area contributed by atoms with E-state index < -0.39 is 9.84 Å². The summed E-state index contributed by atoms with van der Waals surface area (Å²) in [6.07, 6.45) is 0.698. The smallest absolute Gasteiger partial charge is 0.154 e.